The molecule has 2 fully saturated rings. The minimum absolute atomic E-state index is 0.0207. The molecule has 27 heavy (non-hydrogen) atoms. The molecule has 0 aromatic heterocycles. The topological polar surface area (TPSA) is 78.5 Å². The van der Waals surface area contributed by atoms with Crippen LogP contribution in [0.15, 0.2) is 30.9 Å². The Balaban J connectivity index is 1.73. The predicted molar refractivity (Wildman–Crippen MR) is 101 cm³/mol. The lowest BCUT2D eigenvalue weighted by Crippen LogP contribution is -2.47. The van der Waals surface area contributed by atoms with Gasteiger partial charge in [-0.15, -0.1) is 0 Å². The van der Waals surface area contributed by atoms with Crippen LogP contribution in [0.3, 0.4) is 0 Å². The van der Waals surface area contributed by atoms with E-state index in [0.29, 0.717) is 18.7 Å². The summed E-state index contributed by atoms with van der Waals surface area (Å²) in [5.41, 5.74) is 0.380. The maximum Gasteiger partial charge on any atom is 0.247 e. The number of anilines is 2. The van der Waals surface area contributed by atoms with Gasteiger partial charge in [-0.05, 0) is 43.5 Å². The maximum atomic E-state index is 13.9. The molecule has 0 bridgehead atoms. The predicted octanol–water partition coefficient (Wildman–Crippen LogP) is 3.07. The number of carbonyl (C=O) groups is 3. The quantitative estimate of drug-likeness (QED) is 0.779. The number of halogens is 1. The second-order valence-electron chi connectivity index (χ2n) is 7.03. The zero-order chi connectivity index (χ0) is 19.4. The highest BCUT2D eigenvalue weighted by atomic mass is 19.1. The van der Waals surface area contributed by atoms with Gasteiger partial charge in [0.15, 0.2) is 0 Å². The van der Waals surface area contributed by atoms with Gasteiger partial charge in [-0.2, -0.15) is 0 Å². The number of likely N-dealkylation sites (tertiary alicyclic amines) is 1. The molecule has 3 amide bonds. The van der Waals surface area contributed by atoms with Crippen molar-refractivity contribution >= 4 is 29.1 Å². The number of nitrogens with one attached hydrogen (secondary N) is 2. The van der Waals surface area contributed by atoms with Crippen molar-refractivity contribution in [3.8, 4) is 0 Å². The van der Waals surface area contributed by atoms with E-state index in [1.54, 1.807) is 0 Å². The van der Waals surface area contributed by atoms with E-state index in [1.165, 1.54) is 18.2 Å². The molecule has 6 nitrogen and oxygen atoms in total. The van der Waals surface area contributed by atoms with E-state index in [0.717, 1.165) is 38.2 Å². The van der Waals surface area contributed by atoms with Gasteiger partial charge in [-0.3, -0.25) is 14.4 Å². The Kier molecular flexibility index (Phi) is 5.88. The normalized spacial score (nSPS) is 22.4. The first-order valence-corrected chi connectivity index (χ1v) is 9.33. The van der Waals surface area contributed by atoms with Gasteiger partial charge in [-0.1, -0.05) is 19.4 Å². The third-order valence-electron chi connectivity index (χ3n) is 5.25. The number of nitrogens with zero attached hydrogens (tertiary/aromatic N) is 1. The minimum atomic E-state index is -0.596. The van der Waals surface area contributed by atoms with Crippen molar-refractivity contribution in [3.63, 3.8) is 0 Å². The molecule has 1 heterocycles. The van der Waals surface area contributed by atoms with Crippen LogP contribution >= 0.6 is 0 Å². The monoisotopic (exact) mass is 373 g/mol. The van der Waals surface area contributed by atoms with Crippen LogP contribution in [0.4, 0.5) is 15.8 Å². The average molecular weight is 373 g/mol. The third kappa shape index (κ3) is 4.35. The fraction of sp³-hybridized carbons (Fsp3) is 0.450. The van der Waals surface area contributed by atoms with E-state index in [1.807, 2.05) is 4.90 Å². The number of amides is 3. The first kappa shape index (κ1) is 19.1. The van der Waals surface area contributed by atoms with E-state index in [9.17, 15) is 18.8 Å². The second-order valence-corrected chi connectivity index (χ2v) is 7.03. The Bertz CT molecular complexity index is 765. The summed E-state index contributed by atoms with van der Waals surface area (Å²) < 4.78 is 13.9. The summed E-state index contributed by atoms with van der Waals surface area (Å²) in [6.45, 7) is 4.04. The first-order valence-electron chi connectivity index (χ1n) is 9.33. The fourth-order valence-corrected chi connectivity index (χ4v) is 3.93. The Hall–Kier alpha value is -2.70. The second kappa shape index (κ2) is 8.33. The maximum absolute atomic E-state index is 13.9. The molecule has 1 aliphatic heterocycles. The molecule has 2 N–H and O–H groups in total. The average Bonchev–Trinajstić information content (AvgIpc) is 3.10. The van der Waals surface area contributed by atoms with Gasteiger partial charge in [0, 0.05) is 24.7 Å². The van der Waals surface area contributed by atoms with Gasteiger partial charge in [-0.25, -0.2) is 4.39 Å². The number of hydrogen-bond donors (Lipinski definition) is 2. The van der Waals surface area contributed by atoms with Crippen molar-refractivity contribution in [2.24, 2.45) is 5.92 Å². The van der Waals surface area contributed by atoms with E-state index in [-0.39, 0.29) is 29.5 Å². The SMILES string of the molecule is C=CC(=O)Nc1cc(NC(=O)[C@@H]2CCCC[C@@H]2N2CCCC2=O)ccc1F. The molecule has 2 aliphatic rings. The van der Waals surface area contributed by atoms with Crippen LogP contribution in [-0.2, 0) is 14.4 Å². The van der Waals surface area contributed by atoms with E-state index in [4.69, 9.17) is 0 Å². The van der Waals surface area contributed by atoms with Gasteiger partial charge >= 0.3 is 0 Å². The van der Waals surface area contributed by atoms with Gasteiger partial charge in [0.05, 0.1) is 11.6 Å². The molecule has 3 rings (SSSR count). The zero-order valence-corrected chi connectivity index (χ0v) is 15.2. The fourth-order valence-electron chi connectivity index (χ4n) is 3.93. The number of hydrogen-bond acceptors (Lipinski definition) is 3. The van der Waals surface area contributed by atoms with Crippen molar-refractivity contribution in [1.29, 1.82) is 0 Å². The molecule has 1 aromatic rings. The molecule has 2 atom stereocenters. The van der Waals surface area contributed by atoms with Crippen molar-refractivity contribution in [1.82, 2.24) is 4.90 Å². The highest BCUT2D eigenvalue weighted by Crippen LogP contribution is 2.32. The van der Waals surface area contributed by atoms with Gasteiger partial charge in [0.25, 0.3) is 0 Å². The lowest BCUT2D eigenvalue weighted by Gasteiger charge is -2.37. The van der Waals surface area contributed by atoms with Gasteiger partial charge in [0.1, 0.15) is 5.82 Å². The molecule has 0 radical (unpaired) electrons. The van der Waals surface area contributed by atoms with Crippen LogP contribution < -0.4 is 10.6 Å². The molecule has 144 valence electrons. The smallest absolute Gasteiger partial charge is 0.247 e. The summed E-state index contributed by atoms with van der Waals surface area (Å²) in [6, 6.07) is 3.95. The summed E-state index contributed by atoms with van der Waals surface area (Å²) in [5, 5.41) is 5.19. The zero-order valence-electron chi connectivity index (χ0n) is 15.2. The Morgan fingerprint density at radius 3 is 2.67 bits per heavy atom. The van der Waals surface area contributed by atoms with E-state index < -0.39 is 11.7 Å². The summed E-state index contributed by atoms with van der Waals surface area (Å²) in [7, 11) is 0. The van der Waals surface area contributed by atoms with Crippen LogP contribution in [-0.4, -0.2) is 35.2 Å². The summed E-state index contributed by atoms with van der Waals surface area (Å²) in [6.07, 6.45) is 5.94. The Morgan fingerprint density at radius 2 is 1.96 bits per heavy atom. The van der Waals surface area contributed by atoms with Crippen molar-refractivity contribution in [2.75, 3.05) is 17.2 Å². The van der Waals surface area contributed by atoms with Crippen LogP contribution in [0, 0.1) is 11.7 Å². The molecule has 1 aliphatic carbocycles. The van der Waals surface area contributed by atoms with Crippen LogP contribution in [0.1, 0.15) is 38.5 Å². The van der Waals surface area contributed by atoms with Crippen LogP contribution in [0.5, 0.6) is 0 Å². The summed E-state index contributed by atoms with van der Waals surface area (Å²) in [4.78, 5) is 38.3. The number of rotatable bonds is 5. The molecule has 1 saturated heterocycles. The Morgan fingerprint density at radius 1 is 1.19 bits per heavy atom. The third-order valence-corrected chi connectivity index (χ3v) is 5.25. The van der Waals surface area contributed by atoms with Gasteiger partial charge < -0.3 is 15.5 Å². The largest absolute Gasteiger partial charge is 0.339 e. The number of carbonyl (C=O) groups excluding carboxylic acids is 3. The summed E-state index contributed by atoms with van der Waals surface area (Å²) >= 11 is 0. The molecule has 0 spiro atoms. The first-order chi connectivity index (χ1) is 13.0. The molecule has 1 saturated carbocycles. The van der Waals surface area contributed by atoms with Crippen molar-refractivity contribution in [2.45, 2.75) is 44.6 Å². The van der Waals surface area contributed by atoms with Crippen molar-refractivity contribution < 1.29 is 18.8 Å². The van der Waals surface area contributed by atoms with E-state index >= 15 is 0 Å². The molecule has 0 unspecified atom stereocenters. The van der Waals surface area contributed by atoms with Gasteiger partial charge in [0.2, 0.25) is 17.7 Å². The lowest BCUT2D eigenvalue weighted by molar-refractivity contribution is -0.133. The van der Waals surface area contributed by atoms with Crippen LogP contribution in [0.2, 0.25) is 0 Å². The molecule has 7 heteroatoms. The molecular formula is C20H24FN3O3. The highest BCUT2D eigenvalue weighted by molar-refractivity contribution is 6.00. The number of benzene rings is 1. The molecule has 1 aromatic carbocycles. The highest BCUT2D eigenvalue weighted by Gasteiger charge is 2.38. The van der Waals surface area contributed by atoms with Crippen LogP contribution in [0.25, 0.3) is 0 Å². The summed E-state index contributed by atoms with van der Waals surface area (Å²) in [5.74, 6) is -1.46. The molecular weight excluding hydrogens is 349 g/mol. The standard InChI is InChI=1S/C20H24FN3O3/c1-2-18(25)23-16-12-13(9-10-15(16)21)22-20(27)14-6-3-4-7-17(14)24-11-5-8-19(24)26/h2,9-10,12,14,17H,1,3-8,11H2,(H,22,27)(H,23,25)/t14-,17+/m1/s1. The Labute approximate surface area is 157 Å². The van der Waals surface area contributed by atoms with E-state index in [2.05, 4.69) is 17.2 Å². The van der Waals surface area contributed by atoms with Crippen molar-refractivity contribution in [3.05, 3.63) is 36.7 Å². The minimum Gasteiger partial charge on any atom is -0.339 e. The lowest BCUT2D eigenvalue weighted by atomic mass is 9.83.